The molecule has 2 aromatic carbocycles. The Morgan fingerprint density at radius 3 is 2.20 bits per heavy atom. The quantitative estimate of drug-likeness (QED) is 0.885. The molecule has 2 rings (SSSR count). The van der Waals surface area contributed by atoms with Crippen LogP contribution in [0.25, 0.3) is 0 Å². The van der Waals surface area contributed by atoms with E-state index in [4.69, 9.17) is 39.5 Å². The van der Waals surface area contributed by atoms with Crippen LogP contribution in [0.4, 0.5) is 5.69 Å². The fourth-order valence-electron chi connectivity index (χ4n) is 1.50. The van der Waals surface area contributed by atoms with E-state index in [1.807, 2.05) is 0 Å². The smallest absolute Gasteiger partial charge is 0.262 e. The van der Waals surface area contributed by atoms with Crippen molar-refractivity contribution >= 4 is 46.4 Å². The van der Waals surface area contributed by atoms with Gasteiger partial charge in [0.15, 0.2) is 6.61 Å². The summed E-state index contributed by atoms with van der Waals surface area (Å²) in [5.74, 6) is 0.0643. The van der Waals surface area contributed by atoms with E-state index in [9.17, 15) is 4.79 Å². The van der Waals surface area contributed by atoms with Crippen LogP contribution in [0, 0.1) is 0 Å². The Morgan fingerprint density at radius 1 is 0.950 bits per heavy atom. The Kier molecular flexibility index (Phi) is 5.12. The predicted molar refractivity (Wildman–Crippen MR) is 82.0 cm³/mol. The van der Waals surface area contributed by atoms with Crippen LogP contribution in [-0.2, 0) is 4.79 Å². The molecule has 0 aromatic heterocycles. The number of anilines is 1. The van der Waals surface area contributed by atoms with Gasteiger partial charge in [0.25, 0.3) is 5.91 Å². The summed E-state index contributed by atoms with van der Waals surface area (Å²) in [5.41, 5.74) is 0.364. The third kappa shape index (κ3) is 3.79. The van der Waals surface area contributed by atoms with Gasteiger partial charge < -0.3 is 10.1 Å². The minimum absolute atomic E-state index is 0.189. The summed E-state index contributed by atoms with van der Waals surface area (Å²) >= 11 is 17.8. The number of amides is 1. The highest BCUT2D eigenvalue weighted by Crippen LogP contribution is 2.29. The monoisotopic (exact) mass is 329 g/mol. The van der Waals surface area contributed by atoms with E-state index < -0.39 is 0 Å². The molecular weight excluding hydrogens is 321 g/mol. The molecule has 0 saturated heterocycles. The van der Waals surface area contributed by atoms with Crippen LogP contribution < -0.4 is 10.1 Å². The number of carbonyl (C=O) groups excluding carboxylic acids is 1. The van der Waals surface area contributed by atoms with Crippen LogP contribution in [-0.4, -0.2) is 12.5 Å². The highest BCUT2D eigenvalue weighted by molar-refractivity contribution is 6.39. The summed E-state index contributed by atoms with van der Waals surface area (Å²) in [4.78, 5) is 11.8. The molecule has 0 bridgehead atoms. The lowest BCUT2D eigenvalue weighted by Gasteiger charge is -2.10. The van der Waals surface area contributed by atoms with Crippen molar-refractivity contribution in [2.75, 3.05) is 11.9 Å². The lowest BCUT2D eigenvalue weighted by molar-refractivity contribution is -0.118. The number of ether oxygens (including phenoxy) is 1. The normalized spacial score (nSPS) is 10.2. The van der Waals surface area contributed by atoms with Crippen molar-refractivity contribution in [1.29, 1.82) is 0 Å². The molecule has 20 heavy (non-hydrogen) atoms. The van der Waals surface area contributed by atoms with Gasteiger partial charge in [-0.25, -0.2) is 0 Å². The molecule has 3 nitrogen and oxygen atoms in total. The zero-order valence-corrected chi connectivity index (χ0v) is 12.5. The zero-order chi connectivity index (χ0) is 14.5. The van der Waals surface area contributed by atoms with Crippen molar-refractivity contribution in [3.8, 4) is 5.75 Å². The molecule has 2 aromatic rings. The van der Waals surface area contributed by atoms with Gasteiger partial charge in [-0.2, -0.15) is 0 Å². The number of hydrogen-bond donors (Lipinski definition) is 1. The maximum Gasteiger partial charge on any atom is 0.262 e. The maximum atomic E-state index is 11.8. The first kappa shape index (κ1) is 15.0. The van der Waals surface area contributed by atoms with Crippen LogP contribution in [0.15, 0.2) is 42.5 Å². The van der Waals surface area contributed by atoms with Gasteiger partial charge in [-0.05, 0) is 24.3 Å². The molecule has 0 radical (unpaired) electrons. The average molecular weight is 331 g/mol. The van der Waals surface area contributed by atoms with Gasteiger partial charge in [0.1, 0.15) is 5.75 Å². The van der Waals surface area contributed by atoms with Crippen molar-refractivity contribution in [2.45, 2.75) is 0 Å². The van der Waals surface area contributed by atoms with E-state index in [1.54, 1.807) is 42.5 Å². The van der Waals surface area contributed by atoms with Crippen LogP contribution in [0.3, 0.4) is 0 Å². The zero-order valence-electron chi connectivity index (χ0n) is 10.2. The summed E-state index contributed by atoms with van der Waals surface area (Å²) in [6.07, 6.45) is 0. The van der Waals surface area contributed by atoms with Gasteiger partial charge in [0.2, 0.25) is 0 Å². The van der Waals surface area contributed by atoms with Crippen molar-refractivity contribution in [3.63, 3.8) is 0 Å². The summed E-state index contributed by atoms with van der Waals surface area (Å²) in [7, 11) is 0. The second kappa shape index (κ2) is 6.84. The predicted octanol–water partition coefficient (Wildman–Crippen LogP) is 4.66. The Labute approximate surface area is 131 Å². The lowest BCUT2D eigenvalue weighted by Crippen LogP contribution is -2.20. The summed E-state index contributed by atoms with van der Waals surface area (Å²) in [5, 5.41) is 3.77. The Balaban J connectivity index is 1.98. The topological polar surface area (TPSA) is 38.3 Å². The Hall–Kier alpha value is -1.42. The standard InChI is InChI=1S/C14H10Cl3NO2/c15-9-4-1-2-7-12(9)20-8-13(19)18-14-10(16)5-3-6-11(14)17/h1-7H,8H2,(H,18,19). The number of nitrogens with one attached hydrogen (secondary N) is 1. The van der Waals surface area contributed by atoms with Crippen molar-refractivity contribution in [3.05, 3.63) is 57.5 Å². The molecule has 1 amide bonds. The molecule has 0 aliphatic rings. The molecule has 0 aliphatic carbocycles. The second-order valence-corrected chi connectivity index (χ2v) is 5.09. The number of halogens is 3. The Morgan fingerprint density at radius 2 is 1.55 bits per heavy atom. The molecule has 6 heteroatoms. The third-order valence-electron chi connectivity index (χ3n) is 2.42. The maximum absolute atomic E-state index is 11.8. The van der Waals surface area contributed by atoms with E-state index in [1.165, 1.54) is 0 Å². The molecule has 0 aliphatic heterocycles. The van der Waals surface area contributed by atoms with E-state index in [0.29, 0.717) is 26.5 Å². The van der Waals surface area contributed by atoms with Crippen molar-refractivity contribution < 1.29 is 9.53 Å². The number of carbonyl (C=O) groups is 1. The van der Waals surface area contributed by atoms with Gasteiger partial charge in [0, 0.05) is 0 Å². The van der Waals surface area contributed by atoms with Crippen LogP contribution in [0.2, 0.25) is 15.1 Å². The van der Waals surface area contributed by atoms with Gasteiger partial charge >= 0.3 is 0 Å². The van der Waals surface area contributed by atoms with Crippen LogP contribution in [0.1, 0.15) is 0 Å². The van der Waals surface area contributed by atoms with Crippen molar-refractivity contribution in [2.24, 2.45) is 0 Å². The summed E-state index contributed by atoms with van der Waals surface area (Å²) in [6, 6.07) is 11.9. The molecule has 0 saturated carbocycles. The number of hydrogen-bond acceptors (Lipinski definition) is 2. The Bertz CT molecular complexity index is 611. The van der Waals surface area contributed by atoms with Gasteiger partial charge in [-0.15, -0.1) is 0 Å². The highest BCUT2D eigenvalue weighted by atomic mass is 35.5. The fraction of sp³-hybridized carbons (Fsp3) is 0.0714. The summed E-state index contributed by atoms with van der Waals surface area (Å²) < 4.78 is 5.32. The third-order valence-corrected chi connectivity index (χ3v) is 3.36. The molecule has 0 atom stereocenters. The van der Waals surface area contributed by atoms with E-state index >= 15 is 0 Å². The molecule has 0 heterocycles. The van der Waals surface area contributed by atoms with Crippen LogP contribution >= 0.6 is 34.8 Å². The molecule has 0 spiro atoms. The molecular formula is C14H10Cl3NO2. The molecule has 0 fully saturated rings. The minimum atomic E-state index is -0.375. The van der Waals surface area contributed by atoms with Gasteiger partial charge in [-0.1, -0.05) is 53.0 Å². The molecule has 1 N–H and O–H groups in total. The summed E-state index contributed by atoms with van der Waals surface area (Å²) in [6.45, 7) is -0.189. The van der Waals surface area contributed by atoms with E-state index in [2.05, 4.69) is 5.32 Å². The number of benzene rings is 2. The van der Waals surface area contributed by atoms with E-state index in [0.717, 1.165) is 0 Å². The average Bonchev–Trinajstić information content (AvgIpc) is 2.42. The molecule has 0 unspecified atom stereocenters. The van der Waals surface area contributed by atoms with Crippen LogP contribution in [0.5, 0.6) is 5.75 Å². The minimum Gasteiger partial charge on any atom is -0.482 e. The first-order valence-electron chi connectivity index (χ1n) is 5.69. The fourth-order valence-corrected chi connectivity index (χ4v) is 2.18. The SMILES string of the molecule is O=C(COc1ccccc1Cl)Nc1c(Cl)cccc1Cl. The number of para-hydroxylation sites is 2. The highest BCUT2D eigenvalue weighted by Gasteiger charge is 2.10. The van der Waals surface area contributed by atoms with Gasteiger partial charge in [-0.3, -0.25) is 4.79 Å². The largest absolute Gasteiger partial charge is 0.482 e. The van der Waals surface area contributed by atoms with Gasteiger partial charge in [0.05, 0.1) is 20.8 Å². The first-order valence-corrected chi connectivity index (χ1v) is 6.82. The van der Waals surface area contributed by atoms with E-state index in [-0.39, 0.29) is 12.5 Å². The first-order chi connectivity index (χ1) is 9.58. The molecule has 104 valence electrons. The van der Waals surface area contributed by atoms with Crippen molar-refractivity contribution in [1.82, 2.24) is 0 Å². The lowest BCUT2D eigenvalue weighted by atomic mass is 10.3. The second-order valence-electron chi connectivity index (χ2n) is 3.86. The number of rotatable bonds is 4.